The zero-order valence-corrected chi connectivity index (χ0v) is 9.96. The van der Waals surface area contributed by atoms with Crippen LogP contribution < -0.4 is 5.73 Å². The molecule has 1 aliphatic rings. The van der Waals surface area contributed by atoms with Gasteiger partial charge in [-0.25, -0.2) is 8.78 Å². The maximum absolute atomic E-state index is 13.6. The highest BCUT2D eigenvalue weighted by Crippen LogP contribution is 2.32. The van der Waals surface area contributed by atoms with Crippen LogP contribution in [0.3, 0.4) is 0 Å². The van der Waals surface area contributed by atoms with Crippen molar-refractivity contribution in [1.82, 2.24) is 0 Å². The Bertz CT molecular complexity index is 378. The molecule has 94 valence electrons. The van der Waals surface area contributed by atoms with Crippen LogP contribution >= 0.6 is 0 Å². The van der Waals surface area contributed by atoms with E-state index in [1.807, 2.05) is 0 Å². The molecule has 17 heavy (non-hydrogen) atoms. The minimum absolute atomic E-state index is 0.407. The van der Waals surface area contributed by atoms with Gasteiger partial charge in [-0.15, -0.1) is 0 Å². The topological polar surface area (TPSA) is 26.0 Å². The second kappa shape index (κ2) is 5.58. The number of benzene rings is 1. The highest BCUT2D eigenvalue weighted by molar-refractivity contribution is 5.19. The first-order valence-corrected chi connectivity index (χ1v) is 6.35. The van der Waals surface area contributed by atoms with E-state index < -0.39 is 11.6 Å². The van der Waals surface area contributed by atoms with Crippen LogP contribution in [-0.4, -0.2) is 6.54 Å². The fourth-order valence-corrected chi connectivity index (χ4v) is 2.85. The van der Waals surface area contributed by atoms with Gasteiger partial charge in [-0.1, -0.05) is 25.0 Å². The van der Waals surface area contributed by atoms with Crippen LogP contribution in [0.1, 0.15) is 31.2 Å². The Hall–Kier alpha value is -0.960. The summed E-state index contributed by atoms with van der Waals surface area (Å²) >= 11 is 0. The summed E-state index contributed by atoms with van der Waals surface area (Å²) in [7, 11) is 0. The summed E-state index contributed by atoms with van der Waals surface area (Å²) < 4.78 is 26.7. The average Bonchev–Trinajstić information content (AvgIpc) is 2.35. The predicted molar refractivity (Wildman–Crippen MR) is 64.6 cm³/mol. The van der Waals surface area contributed by atoms with Crippen LogP contribution in [0.5, 0.6) is 0 Å². The first-order chi connectivity index (χ1) is 8.22. The molecule has 1 saturated carbocycles. The van der Waals surface area contributed by atoms with Crippen molar-refractivity contribution in [3.05, 3.63) is 35.4 Å². The number of hydrogen-bond acceptors (Lipinski definition) is 1. The molecule has 2 rings (SSSR count). The van der Waals surface area contributed by atoms with Crippen molar-refractivity contribution in [2.24, 2.45) is 17.6 Å². The first kappa shape index (κ1) is 12.5. The zero-order chi connectivity index (χ0) is 12.3. The lowest BCUT2D eigenvalue weighted by molar-refractivity contribution is 0.240. The van der Waals surface area contributed by atoms with E-state index in [-0.39, 0.29) is 0 Å². The Morgan fingerprint density at radius 3 is 2.53 bits per heavy atom. The third kappa shape index (κ3) is 2.83. The highest BCUT2D eigenvalue weighted by atomic mass is 19.2. The first-order valence-electron chi connectivity index (χ1n) is 6.35. The summed E-state index contributed by atoms with van der Waals surface area (Å²) in [5, 5.41) is 0. The SMILES string of the molecule is NCC1CCCCC1Cc1cccc(F)c1F. The molecule has 1 aliphatic carbocycles. The van der Waals surface area contributed by atoms with Crippen LogP contribution in [0.2, 0.25) is 0 Å². The lowest BCUT2D eigenvalue weighted by Gasteiger charge is -2.30. The maximum Gasteiger partial charge on any atom is 0.162 e. The van der Waals surface area contributed by atoms with Crippen LogP contribution in [-0.2, 0) is 6.42 Å². The predicted octanol–water partition coefficient (Wildman–Crippen LogP) is 3.27. The molecular formula is C14H19F2N. The second-order valence-electron chi connectivity index (χ2n) is 4.96. The highest BCUT2D eigenvalue weighted by Gasteiger charge is 2.25. The van der Waals surface area contributed by atoms with Gasteiger partial charge < -0.3 is 5.73 Å². The van der Waals surface area contributed by atoms with Crippen LogP contribution in [0.15, 0.2) is 18.2 Å². The standard InChI is InChI=1S/C14H19F2N/c15-13-7-3-6-11(14(13)16)8-10-4-1-2-5-12(10)9-17/h3,6-7,10,12H,1-2,4-5,8-9,17H2. The summed E-state index contributed by atoms with van der Waals surface area (Å²) in [6.45, 7) is 0.654. The summed E-state index contributed by atoms with van der Waals surface area (Å²) in [5.74, 6) is -0.562. The summed E-state index contributed by atoms with van der Waals surface area (Å²) in [6.07, 6.45) is 5.21. The number of halogens is 2. The van der Waals surface area contributed by atoms with Gasteiger partial charge in [0.25, 0.3) is 0 Å². The monoisotopic (exact) mass is 239 g/mol. The van der Waals surface area contributed by atoms with Gasteiger partial charge in [0.15, 0.2) is 11.6 Å². The van der Waals surface area contributed by atoms with Crippen molar-refractivity contribution in [3.63, 3.8) is 0 Å². The van der Waals surface area contributed by atoms with E-state index in [4.69, 9.17) is 5.73 Å². The molecule has 0 heterocycles. The largest absolute Gasteiger partial charge is 0.330 e. The molecule has 1 fully saturated rings. The molecule has 1 aromatic rings. The van der Waals surface area contributed by atoms with Gasteiger partial charge in [0.1, 0.15) is 0 Å². The van der Waals surface area contributed by atoms with Crippen LogP contribution in [0, 0.1) is 23.5 Å². The normalized spacial score (nSPS) is 24.9. The Morgan fingerprint density at radius 2 is 1.82 bits per heavy atom. The van der Waals surface area contributed by atoms with Gasteiger partial charge in [0.2, 0.25) is 0 Å². The van der Waals surface area contributed by atoms with Crippen molar-refractivity contribution in [1.29, 1.82) is 0 Å². The molecule has 2 atom stereocenters. The summed E-state index contributed by atoms with van der Waals surface area (Å²) in [5.41, 5.74) is 6.24. The van der Waals surface area contributed by atoms with E-state index in [0.717, 1.165) is 12.8 Å². The molecule has 3 heteroatoms. The summed E-state index contributed by atoms with van der Waals surface area (Å²) in [4.78, 5) is 0. The third-order valence-corrected chi connectivity index (χ3v) is 3.88. The molecule has 1 nitrogen and oxygen atoms in total. The number of rotatable bonds is 3. The fourth-order valence-electron chi connectivity index (χ4n) is 2.85. The smallest absolute Gasteiger partial charge is 0.162 e. The molecule has 2 N–H and O–H groups in total. The molecule has 0 spiro atoms. The lowest BCUT2D eigenvalue weighted by atomic mass is 9.76. The quantitative estimate of drug-likeness (QED) is 0.860. The van der Waals surface area contributed by atoms with Crippen molar-refractivity contribution >= 4 is 0 Å². The fraction of sp³-hybridized carbons (Fsp3) is 0.571. The molecule has 1 aromatic carbocycles. The third-order valence-electron chi connectivity index (χ3n) is 3.88. The summed E-state index contributed by atoms with van der Waals surface area (Å²) in [6, 6.07) is 4.43. The van der Waals surface area contributed by atoms with Crippen molar-refractivity contribution in [3.8, 4) is 0 Å². The minimum Gasteiger partial charge on any atom is -0.330 e. The van der Waals surface area contributed by atoms with E-state index in [1.54, 1.807) is 12.1 Å². The van der Waals surface area contributed by atoms with Gasteiger partial charge in [-0.05, 0) is 49.3 Å². The van der Waals surface area contributed by atoms with Crippen LogP contribution in [0.4, 0.5) is 8.78 Å². The Balaban J connectivity index is 2.11. The van der Waals surface area contributed by atoms with Crippen molar-refractivity contribution in [2.45, 2.75) is 32.1 Å². The van der Waals surface area contributed by atoms with E-state index in [9.17, 15) is 8.78 Å². The van der Waals surface area contributed by atoms with Gasteiger partial charge in [-0.2, -0.15) is 0 Å². The van der Waals surface area contributed by atoms with Crippen LogP contribution in [0.25, 0.3) is 0 Å². The minimum atomic E-state index is -0.748. The molecule has 0 radical (unpaired) electrons. The Kier molecular flexibility index (Phi) is 4.11. The van der Waals surface area contributed by atoms with Gasteiger partial charge in [0, 0.05) is 0 Å². The van der Waals surface area contributed by atoms with Crippen molar-refractivity contribution < 1.29 is 8.78 Å². The van der Waals surface area contributed by atoms with E-state index >= 15 is 0 Å². The molecule has 0 bridgehead atoms. The Labute approximate surface area is 101 Å². The van der Waals surface area contributed by atoms with Gasteiger partial charge in [-0.3, -0.25) is 0 Å². The molecule has 0 aromatic heterocycles. The second-order valence-corrected chi connectivity index (χ2v) is 4.96. The molecule has 0 amide bonds. The molecule has 0 saturated heterocycles. The number of hydrogen-bond donors (Lipinski definition) is 1. The molecule has 2 unspecified atom stereocenters. The molecular weight excluding hydrogens is 220 g/mol. The van der Waals surface area contributed by atoms with E-state index in [2.05, 4.69) is 0 Å². The zero-order valence-electron chi connectivity index (χ0n) is 9.96. The van der Waals surface area contributed by atoms with Gasteiger partial charge in [0.05, 0.1) is 0 Å². The van der Waals surface area contributed by atoms with Crippen molar-refractivity contribution in [2.75, 3.05) is 6.54 Å². The van der Waals surface area contributed by atoms with Gasteiger partial charge >= 0.3 is 0 Å². The lowest BCUT2D eigenvalue weighted by Crippen LogP contribution is -2.28. The number of nitrogens with two attached hydrogens (primary N) is 1. The Morgan fingerprint density at radius 1 is 1.12 bits per heavy atom. The van der Waals surface area contributed by atoms with E-state index in [0.29, 0.717) is 30.4 Å². The maximum atomic E-state index is 13.6. The molecule has 0 aliphatic heterocycles. The van der Waals surface area contributed by atoms with E-state index in [1.165, 1.54) is 18.9 Å². The average molecular weight is 239 g/mol.